The van der Waals surface area contributed by atoms with Gasteiger partial charge >= 0.3 is 11.9 Å². The highest BCUT2D eigenvalue weighted by Gasteiger charge is 2.29. The van der Waals surface area contributed by atoms with Crippen LogP contribution in [-0.4, -0.2) is 28.6 Å². The van der Waals surface area contributed by atoms with Crippen molar-refractivity contribution in [1.82, 2.24) is 0 Å². The molecule has 0 radical (unpaired) electrons. The lowest BCUT2D eigenvalue weighted by Gasteiger charge is -2.12. The Morgan fingerprint density at radius 3 is 2.60 bits per heavy atom. The van der Waals surface area contributed by atoms with Crippen molar-refractivity contribution in [3.63, 3.8) is 0 Å². The summed E-state index contributed by atoms with van der Waals surface area (Å²) in [5, 5.41) is 19.6. The number of carbonyl (C=O) groups is 2. The van der Waals surface area contributed by atoms with Crippen LogP contribution in [0.25, 0.3) is 0 Å². The van der Waals surface area contributed by atoms with Crippen molar-refractivity contribution in [2.75, 3.05) is 6.61 Å². The number of ether oxygens (including phenoxy) is 1. The van der Waals surface area contributed by atoms with Gasteiger partial charge in [0.15, 0.2) is 5.92 Å². The van der Waals surface area contributed by atoms with E-state index in [9.17, 15) is 19.7 Å². The Labute approximate surface area is 119 Å². The molecule has 1 atom stereocenters. The van der Waals surface area contributed by atoms with Gasteiger partial charge in [-0.2, -0.15) is 0 Å². The molecule has 0 aliphatic heterocycles. The van der Waals surface area contributed by atoms with Gasteiger partial charge in [0.1, 0.15) is 0 Å². The smallest absolute Gasteiger partial charge is 0.320 e. The molecule has 0 bridgehead atoms. The number of non-ortho nitro benzene ring substituents is 1. The largest absolute Gasteiger partial charge is 0.481 e. The number of rotatable bonds is 6. The number of esters is 1. The minimum absolute atomic E-state index is 0.0368. The molecule has 1 aromatic carbocycles. The van der Waals surface area contributed by atoms with Gasteiger partial charge in [0.25, 0.3) is 5.69 Å². The summed E-state index contributed by atoms with van der Waals surface area (Å²) in [6.07, 6.45) is -0.189. The fraction of sp³-hybridized carbons (Fsp3) is 0.333. The van der Waals surface area contributed by atoms with Crippen LogP contribution in [-0.2, 0) is 20.7 Å². The molecule has 1 rings (SSSR count). The van der Waals surface area contributed by atoms with Crippen molar-refractivity contribution in [3.8, 4) is 0 Å². The highest BCUT2D eigenvalue weighted by Crippen LogP contribution is 2.25. The maximum absolute atomic E-state index is 11.5. The highest BCUT2D eigenvalue weighted by molar-refractivity contribution is 6.31. The average molecular weight is 302 g/mol. The molecule has 1 unspecified atom stereocenters. The van der Waals surface area contributed by atoms with E-state index in [1.54, 1.807) is 6.92 Å². The molecule has 0 saturated heterocycles. The summed E-state index contributed by atoms with van der Waals surface area (Å²) in [5.41, 5.74) is 0.125. The van der Waals surface area contributed by atoms with Gasteiger partial charge in [-0.1, -0.05) is 17.7 Å². The van der Waals surface area contributed by atoms with Crippen molar-refractivity contribution >= 4 is 29.2 Å². The molecule has 0 spiro atoms. The van der Waals surface area contributed by atoms with E-state index in [1.165, 1.54) is 12.1 Å². The number of nitro benzene ring substituents is 1. The van der Waals surface area contributed by atoms with Crippen molar-refractivity contribution in [3.05, 3.63) is 38.9 Å². The molecule has 0 aromatic heterocycles. The summed E-state index contributed by atoms with van der Waals surface area (Å²) in [7, 11) is 0. The summed E-state index contributed by atoms with van der Waals surface area (Å²) in [6.45, 7) is 1.63. The van der Waals surface area contributed by atoms with Gasteiger partial charge in [-0.05, 0) is 18.9 Å². The van der Waals surface area contributed by atoms with Crippen molar-refractivity contribution < 1.29 is 24.4 Å². The Kier molecular flexibility index (Phi) is 5.45. The van der Waals surface area contributed by atoms with E-state index in [0.29, 0.717) is 5.56 Å². The van der Waals surface area contributed by atoms with Crippen LogP contribution in [0, 0.1) is 16.0 Å². The molecule has 0 amide bonds. The quantitative estimate of drug-likeness (QED) is 0.373. The SMILES string of the molecule is CCOC(=O)C(Cc1ccc([N+](=O)[O-])cc1Cl)C(=O)O. The third kappa shape index (κ3) is 3.92. The van der Waals surface area contributed by atoms with E-state index in [4.69, 9.17) is 16.7 Å². The number of halogens is 1. The number of hydrogen-bond donors (Lipinski definition) is 1. The summed E-state index contributed by atoms with van der Waals surface area (Å²) >= 11 is 5.85. The minimum Gasteiger partial charge on any atom is -0.481 e. The monoisotopic (exact) mass is 301 g/mol. The zero-order valence-corrected chi connectivity index (χ0v) is 11.3. The van der Waals surface area contributed by atoms with E-state index in [-0.39, 0.29) is 23.7 Å². The molecule has 1 aromatic rings. The Morgan fingerprint density at radius 2 is 2.15 bits per heavy atom. The van der Waals surface area contributed by atoms with Gasteiger partial charge in [0.2, 0.25) is 0 Å². The number of hydrogen-bond acceptors (Lipinski definition) is 5. The van der Waals surface area contributed by atoms with Crippen LogP contribution in [0.5, 0.6) is 0 Å². The van der Waals surface area contributed by atoms with Crippen LogP contribution in [0.1, 0.15) is 12.5 Å². The van der Waals surface area contributed by atoms with Crippen molar-refractivity contribution in [2.24, 2.45) is 5.92 Å². The number of nitro groups is 1. The van der Waals surface area contributed by atoms with Crippen LogP contribution in [0.4, 0.5) is 5.69 Å². The first kappa shape index (κ1) is 15.9. The zero-order chi connectivity index (χ0) is 15.3. The number of nitrogens with zero attached hydrogens (tertiary/aromatic N) is 1. The number of carboxylic acids is 1. The first-order valence-electron chi connectivity index (χ1n) is 5.69. The summed E-state index contributed by atoms with van der Waals surface area (Å²) < 4.78 is 4.67. The van der Waals surface area contributed by atoms with E-state index in [0.717, 1.165) is 6.07 Å². The molecule has 0 aliphatic carbocycles. The predicted molar refractivity (Wildman–Crippen MR) is 69.6 cm³/mol. The standard InChI is InChI=1S/C12H12ClNO6/c1-2-20-12(17)9(11(15)16)5-7-3-4-8(14(18)19)6-10(7)13/h3-4,6,9H,2,5H2,1H3,(H,15,16). The number of benzene rings is 1. The van der Waals surface area contributed by atoms with Gasteiger partial charge in [0, 0.05) is 12.1 Å². The van der Waals surface area contributed by atoms with E-state index >= 15 is 0 Å². The van der Waals surface area contributed by atoms with Crippen molar-refractivity contribution in [2.45, 2.75) is 13.3 Å². The molecule has 1 N–H and O–H groups in total. The van der Waals surface area contributed by atoms with Crippen LogP contribution in [0.2, 0.25) is 5.02 Å². The molecular weight excluding hydrogens is 290 g/mol. The van der Waals surface area contributed by atoms with Crippen molar-refractivity contribution in [1.29, 1.82) is 0 Å². The number of carboxylic acid groups (broad SMARTS) is 1. The first-order chi connectivity index (χ1) is 9.36. The third-order valence-electron chi connectivity index (χ3n) is 2.54. The molecule has 0 aliphatic rings. The summed E-state index contributed by atoms with van der Waals surface area (Å²) in [4.78, 5) is 32.5. The van der Waals surface area contributed by atoms with Gasteiger partial charge in [-0.3, -0.25) is 19.7 Å². The second-order valence-electron chi connectivity index (χ2n) is 3.88. The Morgan fingerprint density at radius 1 is 1.50 bits per heavy atom. The topological polar surface area (TPSA) is 107 Å². The van der Waals surface area contributed by atoms with Gasteiger partial charge in [-0.15, -0.1) is 0 Å². The van der Waals surface area contributed by atoms with Crippen LogP contribution in [0.3, 0.4) is 0 Å². The summed E-state index contributed by atoms with van der Waals surface area (Å²) in [5.74, 6) is -3.60. The number of carbonyl (C=O) groups excluding carboxylic acids is 1. The molecule has 108 valence electrons. The Balaban J connectivity index is 2.97. The first-order valence-corrected chi connectivity index (χ1v) is 6.06. The molecule has 0 fully saturated rings. The lowest BCUT2D eigenvalue weighted by atomic mass is 9.99. The molecular formula is C12H12ClNO6. The Bertz CT molecular complexity index is 545. The maximum Gasteiger partial charge on any atom is 0.320 e. The van der Waals surface area contributed by atoms with E-state index < -0.39 is 22.8 Å². The molecule has 20 heavy (non-hydrogen) atoms. The van der Waals surface area contributed by atoms with Crippen LogP contribution < -0.4 is 0 Å². The lowest BCUT2D eigenvalue weighted by molar-refractivity contribution is -0.384. The molecule has 8 heteroatoms. The molecule has 0 heterocycles. The lowest BCUT2D eigenvalue weighted by Crippen LogP contribution is -2.28. The Hall–Kier alpha value is -2.15. The van der Waals surface area contributed by atoms with Gasteiger partial charge in [0.05, 0.1) is 16.6 Å². The highest BCUT2D eigenvalue weighted by atomic mass is 35.5. The van der Waals surface area contributed by atoms with Gasteiger partial charge in [-0.25, -0.2) is 0 Å². The minimum atomic E-state index is -1.39. The fourth-order valence-corrected chi connectivity index (χ4v) is 1.80. The molecule has 0 saturated carbocycles. The van der Waals surface area contributed by atoms with Gasteiger partial charge < -0.3 is 9.84 Å². The maximum atomic E-state index is 11.5. The number of aliphatic carboxylic acids is 1. The average Bonchev–Trinajstić information content (AvgIpc) is 2.36. The molecule has 7 nitrogen and oxygen atoms in total. The van der Waals surface area contributed by atoms with Crippen LogP contribution in [0.15, 0.2) is 18.2 Å². The zero-order valence-electron chi connectivity index (χ0n) is 10.5. The van der Waals surface area contributed by atoms with E-state index in [1.807, 2.05) is 0 Å². The fourth-order valence-electron chi connectivity index (χ4n) is 1.55. The van der Waals surface area contributed by atoms with E-state index in [2.05, 4.69) is 4.74 Å². The summed E-state index contributed by atoms with van der Waals surface area (Å²) in [6, 6.07) is 3.64. The second kappa shape index (κ2) is 6.85. The van der Waals surface area contributed by atoms with Crippen LogP contribution >= 0.6 is 11.6 Å². The predicted octanol–water partition coefficient (Wildman–Crippen LogP) is 2.05. The second-order valence-corrected chi connectivity index (χ2v) is 4.29. The third-order valence-corrected chi connectivity index (χ3v) is 2.89. The normalized spacial score (nSPS) is 11.7.